The standard InChI is InChI=1S/C28H30N6.ClH/c1-17-11-24(29-14-17)27-31-16-26(34-27)21-8-5-19(6-9-21)3-4-20-7-10-22-23(13-20)33-28(32-22)25-12-18(2)15-30-25;/h5-10,13,16-18,24-25,29-30H,11-12,14-15H2,1-2H3,(H,31,34)(H,32,33);1H/t17-,18-,24-,25-;/m0./s1. The zero-order valence-corrected chi connectivity index (χ0v) is 20.9. The molecule has 4 atom stereocenters. The van der Waals surface area contributed by atoms with Gasteiger partial charge in [0.15, 0.2) is 0 Å². The number of benzene rings is 2. The molecule has 0 spiro atoms. The van der Waals surface area contributed by atoms with Gasteiger partial charge in [0, 0.05) is 11.1 Å². The maximum absolute atomic E-state index is 4.78. The summed E-state index contributed by atoms with van der Waals surface area (Å²) in [7, 11) is 0. The number of nitrogens with one attached hydrogen (secondary N) is 4. The molecule has 2 fully saturated rings. The Morgan fingerprint density at radius 1 is 0.800 bits per heavy atom. The molecule has 6 rings (SSSR count). The lowest BCUT2D eigenvalue weighted by molar-refractivity contribution is 0.588. The van der Waals surface area contributed by atoms with Crippen LogP contribution in [0.25, 0.3) is 22.3 Å². The van der Waals surface area contributed by atoms with Gasteiger partial charge in [-0.1, -0.05) is 37.8 Å². The number of hydrogen-bond donors (Lipinski definition) is 4. The van der Waals surface area contributed by atoms with Gasteiger partial charge in [0.25, 0.3) is 0 Å². The van der Waals surface area contributed by atoms with Crippen LogP contribution in [-0.2, 0) is 0 Å². The Kier molecular flexibility index (Phi) is 6.66. The van der Waals surface area contributed by atoms with Crippen molar-refractivity contribution in [2.45, 2.75) is 38.8 Å². The zero-order valence-electron chi connectivity index (χ0n) is 20.1. The van der Waals surface area contributed by atoms with Crippen molar-refractivity contribution in [3.63, 3.8) is 0 Å². The third-order valence-corrected chi connectivity index (χ3v) is 7.00. The molecule has 4 aromatic rings. The van der Waals surface area contributed by atoms with Crippen LogP contribution in [0.2, 0.25) is 0 Å². The van der Waals surface area contributed by atoms with Gasteiger partial charge in [-0.25, -0.2) is 9.97 Å². The summed E-state index contributed by atoms with van der Waals surface area (Å²) in [6.45, 7) is 6.65. The monoisotopic (exact) mass is 486 g/mol. The predicted molar refractivity (Wildman–Crippen MR) is 142 cm³/mol. The predicted octanol–water partition coefficient (Wildman–Crippen LogP) is 5.12. The molecule has 2 aliphatic rings. The molecule has 4 N–H and O–H groups in total. The average molecular weight is 487 g/mol. The van der Waals surface area contributed by atoms with Gasteiger partial charge in [0.2, 0.25) is 0 Å². The number of aromatic nitrogens is 4. The fourth-order valence-electron chi connectivity index (χ4n) is 5.05. The Balaban J connectivity index is 0.00000253. The molecule has 0 saturated carbocycles. The van der Waals surface area contributed by atoms with E-state index < -0.39 is 0 Å². The first kappa shape index (κ1) is 23.6. The Bertz CT molecular complexity index is 1380. The molecule has 0 bridgehead atoms. The molecule has 2 aliphatic heterocycles. The largest absolute Gasteiger partial charge is 0.341 e. The maximum atomic E-state index is 4.78. The highest BCUT2D eigenvalue weighted by molar-refractivity contribution is 5.85. The van der Waals surface area contributed by atoms with E-state index in [-0.39, 0.29) is 12.4 Å². The fourth-order valence-corrected chi connectivity index (χ4v) is 5.05. The molecule has 2 aromatic heterocycles. The van der Waals surface area contributed by atoms with Gasteiger partial charge in [-0.2, -0.15) is 0 Å². The third-order valence-electron chi connectivity index (χ3n) is 7.00. The topological polar surface area (TPSA) is 81.4 Å². The lowest BCUT2D eigenvalue weighted by Gasteiger charge is -2.06. The molecule has 6 nitrogen and oxygen atoms in total. The molecule has 0 unspecified atom stereocenters. The van der Waals surface area contributed by atoms with E-state index in [0.717, 1.165) is 71.0 Å². The van der Waals surface area contributed by atoms with Crippen LogP contribution >= 0.6 is 12.4 Å². The van der Waals surface area contributed by atoms with E-state index in [4.69, 9.17) is 4.98 Å². The molecule has 4 heterocycles. The molecular formula is C28H31ClN6. The van der Waals surface area contributed by atoms with Crippen LogP contribution in [0.4, 0.5) is 0 Å². The van der Waals surface area contributed by atoms with Gasteiger partial charge in [-0.15, -0.1) is 12.4 Å². The second-order valence-electron chi connectivity index (χ2n) is 9.97. The number of nitrogens with zero attached hydrogens (tertiary/aromatic N) is 2. The van der Waals surface area contributed by atoms with E-state index in [1.807, 2.05) is 12.3 Å². The molecule has 180 valence electrons. The molecule has 2 saturated heterocycles. The van der Waals surface area contributed by atoms with E-state index in [1.165, 1.54) is 0 Å². The molecule has 7 heteroatoms. The summed E-state index contributed by atoms with van der Waals surface area (Å²) >= 11 is 0. The summed E-state index contributed by atoms with van der Waals surface area (Å²) in [5, 5.41) is 7.08. The summed E-state index contributed by atoms with van der Waals surface area (Å²) < 4.78 is 0. The molecule has 0 radical (unpaired) electrons. The summed E-state index contributed by atoms with van der Waals surface area (Å²) in [4.78, 5) is 16.4. The smallest absolute Gasteiger partial charge is 0.124 e. The van der Waals surface area contributed by atoms with Gasteiger partial charge in [-0.05, 0) is 73.7 Å². The quantitative estimate of drug-likeness (QED) is 0.303. The van der Waals surface area contributed by atoms with Gasteiger partial charge in [0.1, 0.15) is 11.6 Å². The normalized spacial score (nSPS) is 23.7. The summed E-state index contributed by atoms with van der Waals surface area (Å²) in [6.07, 6.45) is 4.18. The molecular weight excluding hydrogens is 456 g/mol. The van der Waals surface area contributed by atoms with Crippen molar-refractivity contribution in [2.75, 3.05) is 13.1 Å². The second kappa shape index (κ2) is 9.87. The Labute approximate surface area is 212 Å². The van der Waals surface area contributed by atoms with Crippen molar-refractivity contribution < 1.29 is 0 Å². The first-order chi connectivity index (χ1) is 16.6. The first-order valence-electron chi connectivity index (χ1n) is 12.2. The minimum atomic E-state index is 0. The SMILES string of the molecule is C[C@@H]1CN[C@H](c2ncc(-c3ccc(C#Cc4ccc5nc([C@@H]6C[C@H](C)CN6)[nH]c5c4)cc3)[nH]2)C1.Cl. The first-order valence-corrected chi connectivity index (χ1v) is 12.2. The van der Waals surface area contributed by atoms with Crippen LogP contribution in [0.3, 0.4) is 0 Å². The maximum Gasteiger partial charge on any atom is 0.124 e. The highest BCUT2D eigenvalue weighted by atomic mass is 35.5. The highest BCUT2D eigenvalue weighted by Gasteiger charge is 2.25. The van der Waals surface area contributed by atoms with E-state index in [9.17, 15) is 0 Å². The zero-order chi connectivity index (χ0) is 23.1. The summed E-state index contributed by atoms with van der Waals surface area (Å²) in [5.74, 6) is 10.0. The fraction of sp³-hybridized carbons (Fsp3) is 0.357. The van der Waals surface area contributed by atoms with Crippen molar-refractivity contribution in [1.29, 1.82) is 0 Å². The Morgan fingerprint density at radius 3 is 2.14 bits per heavy atom. The van der Waals surface area contributed by atoms with Crippen LogP contribution in [0, 0.1) is 23.7 Å². The molecule has 2 aromatic carbocycles. The van der Waals surface area contributed by atoms with Crippen LogP contribution < -0.4 is 10.6 Å². The van der Waals surface area contributed by atoms with Crippen LogP contribution in [0.1, 0.15) is 61.5 Å². The van der Waals surface area contributed by atoms with Crippen LogP contribution in [0.5, 0.6) is 0 Å². The van der Waals surface area contributed by atoms with E-state index >= 15 is 0 Å². The number of rotatable bonds is 3. The minimum Gasteiger partial charge on any atom is -0.341 e. The molecule has 35 heavy (non-hydrogen) atoms. The minimum absolute atomic E-state index is 0. The van der Waals surface area contributed by atoms with Crippen LogP contribution in [0.15, 0.2) is 48.7 Å². The third kappa shape index (κ3) is 4.99. The Hall–Kier alpha value is -3.11. The van der Waals surface area contributed by atoms with Gasteiger partial charge in [-0.3, -0.25) is 0 Å². The van der Waals surface area contributed by atoms with Gasteiger partial charge in [0.05, 0.1) is 35.0 Å². The summed E-state index contributed by atoms with van der Waals surface area (Å²) in [5.41, 5.74) is 6.17. The van der Waals surface area contributed by atoms with Gasteiger partial charge < -0.3 is 20.6 Å². The number of fused-ring (bicyclic) bond motifs is 1. The van der Waals surface area contributed by atoms with Crippen LogP contribution in [-0.4, -0.2) is 33.0 Å². The van der Waals surface area contributed by atoms with Crippen molar-refractivity contribution in [3.05, 3.63) is 71.4 Å². The number of hydrogen-bond acceptors (Lipinski definition) is 4. The van der Waals surface area contributed by atoms with E-state index in [1.54, 1.807) is 0 Å². The molecule has 0 aliphatic carbocycles. The number of aromatic amines is 2. The highest BCUT2D eigenvalue weighted by Crippen LogP contribution is 2.28. The van der Waals surface area contributed by atoms with E-state index in [0.29, 0.717) is 23.9 Å². The molecule has 0 amide bonds. The number of H-pyrrole nitrogens is 2. The van der Waals surface area contributed by atoms with Crippen molar-refractivity contribution in [1.82, 2.24) is 30.6 Å². The van der Waals surface area contributed by atoms with E-state index in [2.05, 4.69) is 87.7 Å². The second-order valence-corrected chi connectivity index (χ2v) is 9.97. The number of imidazole rings is 2. The van der Waals surface area contributed by atoms with Crippen molar-refractivity contribution in [2.24, 2.45) is 11.8 Å². The lowest BCUT2D eigenvalue weighted by Crippen LogP contribution is -2.14. The summed E-state index contributed by atoms with van der Waals surface area (Å²) in [6, 6.07) is 15.2. The lowest BCUT2D eigenvalue weighted by atomic mass is 10.1. The Morgan fingerprint density at radius 2 is 1.46 bits per heavy atom. The average Bonchev–Trinajstić information content (AvgIpc) is 3.64. The van der Waals surface area contributed by atoms with Crippen molar-refractivity contribution >= 4 is 23.4 Å². The number of halogens is 1. The van der Waals surface area contributed by atoms with Crippen molar-refractivity contribution in [3.8, 4) is 23.1 Å². The van der Waals surface area contributed by atoms with Gasteiger partial charge >= 0.3 is 0 Å².